The molecule has 0 fully saturated rings. The van der Waals surface area contributed by atoms with Crippen molar-refractivity contribution in [1.82, 2.24) is 15.5 Å². The van der Waals surface area contributed by atoms with Gasteiger partial charge in [-0.25, -0.2) is 9.59 Å². The summed E-state index contributed by atoms with van der Waals surface area (Å²) in [5.74, 6) is -0.712. The number of rotatable bonds is 14. The topological polar surface area (TPSA) is 123 Å². The molecule has 3 amide bonds. The summed E-state index contributed by atoms with van der Waals surface area (Å²) in [7, 11) is 0. The van der Waals surface area contributed by atoms with Crippen LogP contribution in [0.2, 0.25) is 0 Å². The Morgan fingerprint density at radius 1 is 0.886 bits per heavy atom. The Kier molecular flexibility index (Phi) is 13.9. The molecule has 0 bridgehead atoms. The molecule has 0 unspecified atom stereocenters. The normalized spacial score (nSPS) is 10.7. The molecule has 196 valence electrons. The van der Waals surface area contributed by atoms with Crippen LogP contribution in [0, 0.1) is 0 Å². The lowest BCUT2D eigenvalue weighted by Crippen LogP contribution is -2.42. The highest BCUT2D eigenvalue weighted by atomic mass is 16.6. The molecular weight excluding hydrogens is 454 g/mol. The van der Waals surface area contributed by atoms with Crippen molar-refractivity contribution < 1.29 is 33.4 Å². The van der Waals surface area contributed by atoms with Gasteiger partial charge in [-0.05, 0) is 46.1 Å². The van der Waals surface area contributed by atoms with Gasteiger partial charge in [0.2, 0.25) is 5.91 Å². The Labute approximate surface area is 207 Å². The van der Waals surface area contributed by atoms with Crippen molar-refractivity contribution in [3.63, 3.8) is 0 Å². The second kappa shape index (κ2) is 16.3. The number of nitrogens with zero attached hydrogens (tertiary/aromatic N) is 1. The molecule has 0 aliphatic carbocycles. The third-order valence-electron chi connectivity index (χ3n) is 4.58. The van der Waals surface area contributed by atoms with Gasteiger partial charge in [-0.3, -0.25) is 9.59 Å². The number of alkyl carbamates (subject to hydrolysis) is 2. The van der Waals surface area contributed by atoms with Gasteiger partial charge in [0.05, 0.1) is 6.61 Å². The molecule has 0 radical (unpaired) electrons. The predicted molar refractivity (Wildman–Crippen MR) is 131 cm³/mol. The average molecular weight is 494 g/mol. The summed E-state index contributed by atoms with van der Waals surface area (Å²) < 4.78 is 15.3. The molecule has 0 atom stereocenters. The van der Waals surface area contributed by atoms with E-state index in [4.69, 9.17) is 14.2 Å². The number of carbonyl (C=O) groups excluding carboxylic acids is 4. The first-order valence-corrected chi connectivity index (χ1v) is 12.0. The van der Waals surface area contributed by atoms with Crippen LogP contribution in [0.25, 0.3) is 0 Å². The Morgan fingerprint density at radius 2 is 1.57 bits per heavy atom. The number of hydrogen-bond acceptors (Lipinski definition) is 7. The second-order valence-electron chi connectivity index (χ2n) is 8.85. The summed E-state index contributed by atoms with van der Waals surface area (Å²) in [6, 6.07) is 9.41. The molecular formula is C25H39N3O7. The van der Waals surface area contributed by atoms with Crippen LogP contribution in [0.4, 0.5) is 9.59 Å². The van der Waals surface area contributed by atoms with Crippen LogP contribution in [0.3, 0.4) is 0 Å². The van der Waals surface area contributed by atoms with Crippen molar-refractivity contribution in [3.05, 3.63) is 35.9 Å². The summed E-state index contributed by atoms with van der Waals surface area (Å²) in [6.45, 7) is 7.95. The van der Waals surface area contributed by atoms with Gasteiger partial charge in [0.15, 0.2) is 0 Å². The van der Waals surface area contributed by atoms with Gasteiger partial charge >= 0.3 is 18.2 Å². The molecule has 0 aliphatic heterocycles. The smallest absolute Gasteiger partial charge is 0.407 e. The van der Waals surface area contributed by atoms with E-state index in [1.54, 1.807) is 27.7 Å². The number of nitrogens with one attached hydrogen (secondary N) is 2. The Balaban J connectivity index is 2.30. The molecule has 10 heteroatoms. The minimum atomic E-state index is -0.627. The second-order valence-corrected chi connectivity index (χ2v) is 8.85. The SMILES string of the molecule is CCOC(=O)CN(CCNC(=O)OC(C)(C)C)C(=O)CCCCCNC(=O)OCc1ccccc1. The van der Waals surface area contributed by atoms with Crippen LogP contribution in [-0.4, -0.2) is 67.3 Å². The van der Waals surface area contributed by atoms with Crippen LogP contribution in [0.5, 0.6) is 0 Å². The molecule has 35 heavy (non-hydrogen) atoms. The number of amides is 3. The zero-order chi connectivity index (χ0) is 26.1. The minimum absolute atomic E-state index is 0.148. The Morgan fingerprint density at radius 3 is 2.23 bits per heavy atom. The van der Waals surface area contributed by atoms with E-state index in [-0.39, 0.29) is 45.2 Å². The summed E-state index contributed by atoms with van der Waals surface area (Å²) in [6.07, 6.45) is 1.17. The molecule has 0 heterocycles. The van der Waals surface area contributed by atoms with E-state index in [9.17, 15) is 19.2 Å². The van der Waals surface area contributed by atoms with Crippen molar-refractivity contribution in [2.75, 3.05) is 32.8 Å². The number of carbonyl (C=O) groups is 4. The molecule has 1 aromatic carbocycles. The Bertz CT molecular complexity index is 794. The number of hydrogen-bond donors (Lipinski definition) is 2. The molecule has 0 aromatic heterocycles. The van der Waals surface area contributed by atoms with E-state index in [0.717, 1.165) is 5.56 Å². The molecule has 2 N–H and O–H groups in total. The lowest BCUT2D eigenvalue weighted by Gasteiger charge is -2.23. The third kappa shape index (κ3) is 15.3. The zero-order valence-corrected chi connectivity index (χ0v) is 21.3. The van der Waals surface area contributed by atoms with Crippen LogP contribution in [0.15, 0.2) is 30.3 Å². The van der Waals surface area contributed by atoms with Crippen molar-refractivity contribution >= 4 is 24.1 Å². The van der Waals surface area contributed by atoms with Gasteiger partial charge in [0.25, 0.3) is 0 Å². The highest BCUT2D eigenvalue weighted by Crippen LogP contribution is 2.07. The average Bonchev–Trinajstić information content (AvgIpc) is 2.78. The summed E-state index contributed by atoms with van der Waals surface area (Å²) in [5.41, 5.74) is 0.285. The molecule has 0 saturated heterocycles. The number of ether oxygens (including phenoxy) is 3. The third-order valence-corrected chi connectivity index (χ3v) is 4.58. The van der Waals surface area contributed by atoms with E-state index in [1.807, 2.05) is 30.3 Å². The fourth-order valence-electron chi connectivity index (χ4n) is 2.96. The maximum absolute atomic E-state index is 12.6. The maximum Gasteiger partial charge on any atom is 0.407 e. The highest BCUT2D eigenvalue weighted by molar-refractivity contribution is 5.82. The summed E-state index contributed by atoms with van der Waals surface area (Å²) in [5, 5.41) is 5.27. The summed E-state index contributed by atoms with van der Waals surface area (Å²) >= 11 is 0. The minimum Gasteiger partial charge on any atom is -0.465 e. The summed E-state index contributed by atoms with van der Waals surface area (Å²) in [4.78, 5) is 49.4. The molecule has 0 spiro atoms. The van der Waals surface area contributed by atoms with Crippen LogP contribution in [-0.2, 0) is 30.4 Å². The van der Waals surface area contributed by atoms with Crippen molar-refractivity contribution in [3.8, 4) is 0 Å². The van der Waals surface area contributed by atoms with E-state index < -0.39 is 23.8 Å². The monoisotopic (exact) mass is 493 g/mol. The first kappa shape index (κ1) is 29.7. The standard InChI is InChI=1S/C25H39N3O7/c1-5-33-22(30)18-28(17-16-27-24(32)35-25(2,3)4)21(29)14-10-7-11-15-26-23(31)34-19-20-12-8-6-9-13-20/h6,8-9,12-13H,5,7,10-11,14-19H2,1-4H3,(H,26,31)(H,27,32). The van der Waals surface area contributed by atoms with E-state index in [0.29, 0.717) is 25.8 Å². The van der Waals surface area contributed by atoms with Crippen molar-refractivity contribution in [2.24, 2.45) is 0 Å². The molecule has 10 nitrogen and oxygen atoms in total. The lowest BCUT2D eigenvalue weighted by molar-refractivity contribution is -0.148. The molecule has 1 aromatic rings. The Hall–Kier alpha value is -3.30. The van der Waals surface area contributed by atoms with Gasteiger partial charge < -0.3 is 29.7 Å². The first-order valence-electron chi connectivity index (χ1n) is 12.0. The van der Waals surface area contributed by atoms with Gasteiger partial charge in [-0.2, -0.15) is 0 Å². The van der Waals surface area contributed by atoms with Gasteiger partial charge in [-0.1, -0.05) is 36.8 Å². The van der Waals surface area contributed by atoms with Gasteiger partial charge in [-0.15, -0.1) is 0 Å². The number of esters is 1. The van der Waals surface area contributed by atoms with Gasteiger partial charge in [0.1, 0.15) is 18.8 Å². The fourth-order valence-corrected chi connectivity index (χ4v) is 2.96. The van der Waals surface area contributed by atoms with E-state index >= 15 is 0 Å². The number of unbranched alkanes of at least 4 members (excludes halogenated alkanes) is 2. The fraction of sp³-hybridized carbons (Fsp3) is 0.600. The van der Waals surface area contributed by atoms with Gasteiger partial charge in [0, 0.05) is 26.1 Å². The largest absolute Gasteiger partial charge is 0.465 e. The zero-order valence-electron chi connectivity index (χ0n) is 21.3. The van der Waals surface area contributed by atoms with E-state index in [1.165, 1.54) is 4.90 Å². The highest BCUT2D eigenvalue weighted by Gasteiger charge is 2.19. The van der Waals surface area contributed by atoms with E-state index in [2.05, 4.69) is 10.6 Å². The van der Waals surface area contributed by atoms with Crippen LogP contribution < -0.4 is 10.6 Å². The van der Waals surface area contributed by atoms with Crippen molar-refractivity contribution in [1.29, 1.82) is 0 Å². The molecule has 0 aliphatic rings. The quantitative estimate of drug-likeness (QED) is 0.231. The number of benzene rings is 1. The lowest BCUT2D eigenvalue weighted by atomic mass is 10.1. The van der Waals surface area contributed by atoms with Crippen LogP contribution in [0.1, 0.15) is 58.9 Å². The van der Waals surface area contributed by atoms with Crippen molar-refractivity contribution in [2.45, 2.75) is 65.6 Å². The predicted octanol–water partition coefficient (Wildman–Crippen LogP) is 3.39. The molecule has 1 rings (SSSR count). The first-order chi connectivity index (χ1) is 16.6. The van der Waals surface area contributed by atoms with Crippen LogP contribution >= 0.6 is 0 Å². The molecule has 0 saturated carbocycles. The maximum atomic E-state index is 12.6.